The topological polar surface area (TPSA) is 79.4 Å². The van der Waals surface area contributed by atoms with Crippen molar-refractivity contribution in [2.45, 2.75) is 0 Å². The van der Waals surface area contributed by atoms with Gasteiger partial charge in [-0.25, -0.2) is 10.4 Å². The van der Waals surface area contributed by atoms with Crippen LogP contribution in [-0.4, -0.2) is 29.2 Å². The predicted octanol–water partition coefficient (Wildman–Crippen LogP) is 5.81. The van der Waals surface area contributed by atoms with Crippen LogP contribution in [0.25, 0.3) is 33.2 Å². The fraction of sp³-hybridized carbons (Fsp3) is 0.0385. The van der Waals surface area contributed by atoms with E-state index in [0.717, 1.165) is 32.9 Å². The second-order valence-electron chi connectivity index (χ2n) is 7.40. The van der Waals surface area contributed by atoms with E-state index in [1.165, 1.54) is 0 Å². The lowest BCUT2D eigenvalue weighted by atomic mass is 10.0. The summed E-state index contributed by atoms with van der Waals surface area (Å²) in [7, 11) is 1.61. The van der Waals surface area contributed by atoms with Crippen LogP contribution >= 0.6 is 11.6 Å². The highest BCUT2D eigenvalue weighted by Crippen LogP contribution is 2.28. The zero-order chi connectivity index (χ0) is 22.8. The molecule has 0 saturated carbocycles. The summed E-state index contributed by atoms with van der Waals surface area (Å²) in [4.78, 5) is 20.5. The van der Waals surface area contributed by atoms with Gasteiger partial charge in [-0.05, 0) is 47.2 Å². The minimum atomic E-state index is -0.332. The van der Waals surface area contributed by atoms with E-state index in [-0.39, 0.29) is 5.91 Å². The number of methoxy groups -OCH3 is 1. The van der Waals surface area contributed by atoms with Crippen LogP contribution in [0.2, 0.25) is 5.02 Å². The summed E-state index contributed by atoms with van der Waals surface area (Å²) in [5.41, 5.74) is 6.12. The molecule has 0 radical (unpaired) electrons. The lowest BCUT2D eigenvalue weighted by molar-refractivity contribution is 0.0955. The van der Waals surface area contributed by atoms with E-state index >= 15 is 0 Å². The van der Waals surface area contributed by atoms with Crippen LogP contribution in [0.1, 0.15) is 15.9 Å². The maximum Gasteiger partial charge on any atom is 0.271 e. The number of benzene rings is 4. The second kappa shape index (κ2) is 8.76. The standard InChI is InChI=1S/C26H19ClN4O2/c1-33-24-13-11-16-6-2-3-7-18(16)20(24)15-28-31-26(32)17-10-12-22-23(14-17)30-25(29-22)19-8-4-5-9-21(19)27/h2-15H,1H3,(H,29,30)(H,31,32)/b28-15+. The van der Waals surface area contributed by atoms with Gasteiger partial charge in [-0.1, -0.05) is 54.1 Å². The smallest absolute Gasteiger partial charge is 0.271 e. The van der Waals surface area contributed by atoms with E-state index in [4.69, 9.17) is 16.3 Å². The Kier molecular flexibility index (Phi) is 5.50. The van der Waals surface area contributed by atoms with E-state index in [0.29, 0.717) is 22.2 Å². The summed E-state index contributed by atoms with van der Waals surface area (Å²) in [5, 5.41) is 6.82. The molecule has 0 unspecified atom stereocenters. The number of halogens is 1. The number of hydrazone groups is 1. The normalized spacial score (nSPS) is 11.3. The van der Waals surface area contributed by atoms with Crippen molar-refractivity contribution in [3.63, 3.8) is 0 Å². The molecule has 0 aliphatic carbocycles. The summed E-state index contributed by atoms with van der Waals surface area (Å²) in [6.45, 7) is 0. The van der Waals surface area contributed by atoms with Gasteiger partial charge in [0.2, 0.25) is 0 Å². The molecular formula is C26H19ClN4O2. The maximum atomic E-state index is 12.7. The summed E-state index contributed by atoms with van der Waals surface area (Å²) in [6, 6.07) is 24.5. The highest BCUT2D eigenvalue weighted by atomic mass is 35.5. The zero-order valence-electron chi connectivity index (χ0n) is 17.7. The molecule has 162 valence electrons. The van der Waals surface area contributed by atoms with Gasteiger partial charge >= 0.3 is 0 Å². The van der Waals surface area contributed by atoms with Crippen molar-refractivity contribution in [3.05, 3.63) is 95.0 Å². The molecular weight excluding hydrogens is 436 g/mol. The van der Waals surface area contributed by atoms with Crippen LogP contribution in [0.3, 0.4) is 0 Å². The number of ether oxygens (including phenoxy) is 1. The molecule has 2 N–H and O–H groups in total. The van der Waals surface area contributed by atoms with E-state index in [1.807, 2.05) is 60.7 Å². The van der Waals surface area contributed by atoms with E-state index in [1.54, 1.807) is 31.5 Å². The Bertz CT molecular complexity index is 1520. The predicted molar refractivity (Wildman–Crippen MR) is 132 cm³/mol. The molecule has 1 aromatic heterocycles. The van der Waals surface area contributed by atoms with Crippen LogP contribution in [0.4, 0.5) is 0 Å². The number of aromatic amines is 1. The number of rotatable bonds is 5. The molecule has 0 atom stereocenters. The number of fused-ring (bicyclic) bond motifs is 2. The second-order valence-corrected chi connectivity index (χ2v) is 7.81. The van der Waals surface area contributed by atoms with Crippen LogP contribution in [0, 0.1) is 0 Å². The Balaban J connectivity index is 1.39. The van der Waals surface area contributed by atoms with Crippen LogP contribution in [0.15, 0.2) is 84.0 Å². The van der Waals surface area contributed by atoms with E-state index in [2.05, 4.69) is 20.5 Å². The van der Waals surface area contributed by atoms with Gasteiger partial charge in [0.25, 0.3) is 5.91 Å². The minimum absolute atomic E-state index is 0.332. The van der Waals surface area contributed by atoms with Gasteiger partial charge in [0.15, 0.2) is 0 Å². The van der Waals surface area contributed by atoms with Crippen molar-refractivity contribution < 1.29 is 9.53 Å². The molecule has 0 saturated heterocycles. The maximum absolute atomic E-state index is 12.7. The van der Waals surface area contributed by atoms with Crippen LogP contribution < -0.4 is 10.2 Å². The molecule has 0 spiro atoms. The highest BCUT2D eigenvalue weighted by molar-refractivity contribution is 6.33. The first kappa shape index (κ1) is 20.7. The quantitative estimate of drug-likeness (QED) is 0.260. The number of carbonyl (C=O) groups is 1. The van der Waals surface area contributed by atoms with Gasteiger partial charge in [-0.3, -0.25) is 4.79 Å². The number of H-pyrrole nitrogens is 1. The average molecular weight is 455 g/mol. The Morgan fingerprint density at radius 2 is 1.88 bits per heavy atom. The summed E-state index contributed by atoms with van der Waals surface area (Å²) in [6.07, 6.45) is 1.60. The molecule has 4 aromatic carbocycles. The van der Waals surface area contributed by atoms with Crippen molar-refractivity contribution in [2.24, 2.45) is 5.10 Å². The Labute approximate surface area is 194 Å². The van der Waals surface area contributed by atoms with Gasteiger partial charge in [0.05, 0.1) is 29.4 Å². The third-order valence-electron chi connectivity index (χ3n) is 5.38. The van der Waals surface area contributed by atoms with Crippen LogP contribution in [-0.2, 0) is 0 Å². The van der Waals surface area contributed by atoms with Gasteiger partial charge in [-0.15, -0.1) is 0 Å². The van der Waals surface area contributed by atoms with Gasteiger partial charge in [0, 0.05) is 16.7 Å². The Hall–Kier alpha value is -4.16. The van der Waals surface area contributed by atoms with Crippen molar-refractivity contribution in [3.8, 4) is 17.1 Å². The SMILES string of the molecule is COc1ccc2ccccc2c1/C=N/NC(=O)c1ccc2nc(-c3ccccc3Cl)[nH]c2c1. The average Bonchev–Trinajstić information content (AvgIpc) is 3.27. The fourth-order valence-corrected chi connectivity index (χ4v) is 3.96. The lowest BCUT2D eigenvalue weighted by Crippen LogP contribution is -2.17. The molecule has 0 aliphatic heterocycles. The van der Waals surface area contributed by atoms with Crippen molar-refractivity contribution in [2.75, 3.05) is 7.11 Å². The number of carbonyl (C=O) groups excluding carboxylic acids is 1. The number of hydrogen-bond acceptors (Lipinski definition) is 4. The Morgan fingerprint density at radius 1 is 1.06 bits per heavy atom. The first-order valence-electron chi connectivity index (χ1n) is 10.3. The van der Waals surface area contributed by atoms with Crippen molar-refractivity contribution in [1.82, 2.24) is 15.4 Å². The van der Waals surface area contributed by atoms with Gasteiger partial charge in [-0.2, -0.15) is 5.10 Å². The molecule has 5 aromatic rings. The molecule has 1 heterocycles. The summed E-state index contributed by atoms with van der Waals surface area (Å²) < 4.78 is 5.47. The molecule has 0 fully saturated rings. The first-order valence-corrected chi connectivity index (χ1v) is 10.7. The molecule has 6 nitrogen and oxygen atoms in total. The summed E-state index contributed by atoms with van der Waals surface area (Å²) >= 11 is 6.28. The number of amides is 1. The number of aromatic nitrogens is 2. The fourth-order valence-electron chi connectivity index (χ4n) is 3.74. The number of nitrogens with one attached hydrogen (secondary N) is 2. The molecule has 33 heavy (non-hydrogen) atoms. The number of hydrogen-bond donors (Lipinski definition) is 2. The van der Waals surface area contributed by atoms with Crippen LogP contribution in [0.5, 0.6) is 5.75 Å². The zero-order valence-corrected chi connectivity index (χ0v) is 18.4. The third-order valence-corrected chi connectivity index (χ3v) is 5.71. The first-order chi connectivity index (χ1) is 16.1. The van der Waals surface area contributed by atoms with Crippen molar-refractivity contribution in [1.29, 1.82) is 0 Å². The van der Waals surface area contributed by atoms with E-state index < -0.39 is 0 Å². The number of nitrogens with zero attached hydrogens (tertiary/aromatic N) is 2. The van der Waals surface area contributed by atoms with Crippen molar-refractivity contribution >= 4 is 45.5 Å². The molecule has 0 bridgehead atoms. The molecule has 1 amide bonds. The monoisotopic (exact) mass is 454 g/mol. The third kappa shape index (κ3) is 4.04. The van der Waals surface area contributed by atoms with Gasteiger partial charge in [0.1, 0.15) is 11.6 Å². The number of imidazole rings is 1. The van der Waals surface area contributed by atoms with E-state index in [9.17, 15) is 4.79 Å². The largest absolute Gasteiger partial charge is 0.496 e. The van der Waals surface area contributed by atoms with Gasteiger partial charge < -0.3 is 9.72 Å². The molecule has 0 aliphatic rings. The molecule has 7 heteroatoms. The Morgan fingerprint density at radius 3 is 2.73 bits per heavy atom. The highest BCUT2D eigenvalue weighted by Gasteiger charge is 2.12. The molecule has 5 rings (SSSR count). The lowest BCUT2D eigenvalue weighted by Gasteiger charge is -2.08. The summed E-state index contributed by atoms with van der Waals surface area (Å²) in [5.74, 6) is 0.994. The minimum Gasteiger partial charge on any atom is -0.496 e.